The van der Waals surface area contributed by atoms with Gasteiger partial charge in [0.2, 0.25) is 0 Å². The van der Waals surface area contributed by atoms with Gasteiger partial charge in [-0.3, -0.25) is 4.79 Å². The Kier molecular flexibility index (Phi) is 5.05. The third-order valence-corrected chi connectivity index (χ3v) is 3.11. The Morgan fingerprint density at radius 3 is 2.87 bits per heavy atom. The number of hydrogen-bond acceptors (Lipinski definition) is 3. The number of carbonyl (C=O) groups is 1. The first-order chi connectivity index (χ1) is 7.20. The first-order valence-corrected chi connectivity index (χ1v) is 5.74. The minimum atomic E-state index is -0.467. The normalized spacial score (nSPS) is 24.7. The van der Waals surface area contributed by atoms with Crippen molar-refractivity contribution in [2.24, 2.45) is 5.73 Å². The highest BCUT2D eigenvalue weighted by atomic mass is 16.5. The van der Waals surface area contributed by atoms with Crippen LogP contribution in [0.25, 0.3) is 0 Å². The smallest absolute Gasteiger partial charge is 0.253 e. The number of amides is 1. The summed E-state index contributed by atoms with van der Waals surface area (Å²) in [6.45, 7) is 3.21. The molecule has 15 heavy (non-hydrogen) atoms. The molecule has 2 N–H and O–H groups in total. The summed E-state index contributed by atoms with van der Waals surface area (Å²) in [5.74, 6) is 0.0504. The molecule has 0 spiro atoms. The van der Waals surface area contributed by atoms with Crippen molar-refractivity contribution in [3.05, 3.63) is 0 Å². The Morgan fingerprint density at radius 1 is 1.53 bits per heavy atom. The summed E-state index contributed by atoms with van der Waals surface area (Å²) in [7, 11) is 1.54. The van der Waals surface area contributed by atoms with Crippen molar-refractivity contribution in [3.8, 4) is 0 Å². The van der Waals surface area contributed by atoms with Gasteiger partial charge in [0.25, 0.3) is 5.91 Å². The van der Waals surface area contributed by atoms with Crippen LogP contribution >= 0.6 is 0 Å². The zero-order valence-corrected chi connectivity index (χ0v) is 9.74. The summed E-state index contributed by atoms with van der Waals surface area (Å²) in [4.78, 5) is 14.0. The van der Waals surface area contributed by atoms with Crippen molar-refractivity contribution >= 4 is 5.91 Å². The lowest BCUT2D eigenvalue weighted by Gasteiger charge is -2.30. The molecule has 0 bridgehead atoms. The minimum Gasteiger partial charge on any atom is -0.370 e. The number of ether oxygens (including phenoxy) is 1. The first-order valence-electron chi connectivity index (χ1n) is 5.74. The molecular weight excluding hydrogens is 192 g/mol. The van der Waals surface area contributed by atoms with Crippen molar-refractivity contribution in [1.82, 2.24) is 4.90 Å². The van der Waals surface area contributed by atoms with Crippen LogP contribution < -0.4 is 5.73 Å². The maximum atomic E-state index is 12.0. The van der Waals surface area contributed by atoms with E-state index in [4.69, 9.17) is 10.5 Å². The predicted molar refractivity (Wildman–Crippen MR) is 59.5 cm³/mol. The molecule has 1 fully saturated rings. The SMILES string of the molecule is COC(CN)C(=O)N1CCCCCC1C. The Labute approximate surface area is 91.8 Å². The lowest BCUT2D eigenvalue weighted by atomic mass is 10.1. The number of methoxy groups -OCH3 is 1. The molecule has 0 aromatic heterocycles. The van der Waals surface area contributed by atoms with Crippen LogP contribution in [0.3, 0.4) is 0 Å². The molecule has 4 nitrogen and oxygen atoms in total. The van der Waals surface area contributed by atoms with Crippen molar-refractivity contribution in [2.45, 2.75) is 44.8 Å². The average molecular weight is 214 g/mol. The van der Waals surface area contributed by atoms with E-state index < -0.39 is 6.10 Å². The van der Waals surface area contributed by atoms with E-state index in [0.717, 1.165) is 19.4 Å². The highest BCUT2D eigenvalue weighted by molar-refractivity contribution is 5.81. The molecule has 2 unspecified atom stereocenters. The Balaban J connectivity index is 2.62. The Bertz CT molecular complexity index is 205. The molecule has 1 amide bonds. The lowest BCUT2D eigenvalue weighted by molar-refractivity contribution is -0.143. The zero-order valence-electron chi connectivity index (χ0n) is 9.74. The van der Waals surface area contributed by atoms with Crippen LogP contribution in [0.5, 0.6) is 0 Å². The second-order valence-electron chi connectivity index (χ2n) is 4.19. The van der Waals surface area contributed by atoms with Crippen molar-refractivity contribution in [2.75, 3.05) is 20.2 Å². The van der Waals surface area contributed by atoms with E-state index in [1.54, 1.807) is 0 Å². The summed E-state index contributed by atoms with van der Waals surface area (Å²) in [5.41, 5.74) is 5.50. The van der Waals surface area contributed by atoms with Gasteiger partial charge in [0, 0.05) is 26.2 Å². The van der Waals surface area contributed by atoms with Crippen LogP contribution in [0.1, 0.15) is 32.6 Å². The fraction of sp³-hybridized carbons (Fsp3) is 0.909. The van der Waals surface area contributed by atoms with E-state index in [-0.39, 0.29) is 12.5 Å². The van der Waals surface area contributed by atoms with E-state index >= 15 is 0 Å². The molecule has 4 heteroatoms. The number of rotatable bonds is 3. The van der Waals surface area contributed by atoms with Gasteiger partial charge >= 0.3 is 0 Å². The van der Waals surface area contributed by atoms with E-state index in [1.165, 1.54) is 20.0 Å². The standard InChI is InChI=1S/C11H22N2O2/c1-9-6-4-3-5-7-13(9)11(14)10(8-12)15-2/h9-10H,3-8,12H2,1-2H3. The number of likely N-dealkylation sites (tertiary alicyclic amines) is 1. The van der Waals surface area contributed by atoms with E-state index in [2.05, 4.69) is 6.92 Å². The van der Waals surface area contributed by atoms with Crippen molar-refractivity contribution in [1.29, 1.82) is 0 Å². The second-order valence-corrected chi connectivity index (χ2v) is 4.19. The van der Waals surface area contributed by atoms with Gasteiger partial charge in [-0.1, -0.05) is 12.8 Å². The third kappa shape index (κ3) is 3.18. The summed E-state index contributed by atoms with van der Waals surface area (Å²) in [6.07, 6.45) is 4.15. The largest absolute Gasteiger partial charge is 0.370 e. The maximum absolute atomic E-state index is 12.0. The van der Waals surface area contributed by atoms with Crippen molar-refractivity contribution in [3.63, 3.8) is 0 Å². The quantitative estimate of drug-likeness (QED) is 0.754. The number of carbonyl (C=O) groups excluding carboxylic acids is 1. The fourth-order valence-electron chi connectivity index (χ4n) is 2.09. The molecule has 1 saturated heterocycles. The average Bonchev–Trinajstić information content (AvgIpc) is 2.44. The van der Waals surface area contributed by atoms with Gasteiger partial charge in [0.1, 0.15) is 6.10 Å². The third-order valence-electron chi connectivity index (χ3n) is 3.11. The van der Waals surface area contributed by atoms with Gasteiger partial charge in [-0.05, 0) is 19.8 Å². The second kappa shape index (κ2) is 6.08. The fourth-order valence-corrected chi connectivity index (χ4v) is 2.09. The molecule has 0 aromatic carbocycles. The molecule has 0 radical (unpaired) electrons. The molecule has 1 aliphatic rings. The Hall–Kier alpha value is -0.610. The highest BCUT2D eigenvalue weighted by Gasteiger charge is 2.27. The molecule has 88 valence electrons. The molecule has 1 rings (SSSR count). The predicted octanol–water partition coefficient (Wildman–Crippen LogP) is 0.751. The van der Waals surface area contributed by atoms with Crippen molar-refractivity contribution < 1.29 is 9.53 Å². The molecule has 0 aromatic rings. The summed E-state index contributed by atoms with van der Waals surface area (Å²) in [5, 5.41) is 0. The summed E-state index contributed by atoms with van der Waals surface area (Å²) in [6, 6.07) is 0.323. The van der Waals surface area contributed by atoms with Gasteiger partial charge in [-0.2, -0.15) is 0 Å². The molecule has 1 aliphatic heterocycles. The van der Waals surface area contributed by atoms with E-state index in [0.29, 0.717) is 6.04 Å². The highest BCUT2D eigenvalue weighted by Crippen LogP contribution is 2.17. The van der Waals surface area contributed by atoms with Crippen LogP contribution in [-0.4, -0.2) is 43.2 Å². The van der Waals surface area contributed by atoms with Crippen LogP contribution in [0.4, 0.5) is 0 Å². The topological polar surface area (TPSA) is 55.6 Å². The monoisotopic (exact) mass is 214 g/mol. The van der Waals surface area contributed by atoms with Crippen LogP contribution in [-0.2, 0) is 9.53 Å². The van der Waals surface area contributed by atoms with Gasteiger partial charge in [0.05, 0.1) is 0 Å². The van der Waals surface area contributed by atoms with Crippen LogP contribution in [0.15, 0.2) is 0 Å². The number of nitrogens with zero attached hydrogens (tertiary/aromatic N) is 1. The minimum absolute atomic E-state index is 0.0504. The van der Waals surface area contributed by atoms with Gasteiger partial charge in [-0.15, -0.1) is 0 Å². The van der Waals surface area contributed by atoms with Gasteiger partial charge in [0.15, 0.2) is 0 Å². The Morgan fingerprint density at radius 2 is 2.27 bits per heavy atom. The first kappa shape index (κ1) is 12.5. The number of nitrogens with two attached hydrogens (primary N) is 1. The molecule has 0 aliphatic carbocycles. The summed E-state index contributed by atoms with van der Waals surface area (Å²) < 4.78 is 5.09. The molecular formula is C11H22N2O2. The summed E-state index contributed by atoms with van der Waals surface area (Å²) >= 11 is 0. The molecule has 1 heterocycles. The lowest BCUT2D eigenvalue weighted by Crippen LogP contribution is -2.47. The van der Waals surface area contributed by atoms with Gasteiger partial charge in [-0.25, -0.2) is 0 Å². The van der Waals surface area contributed by atoms with Crippen LogP contribution in [0.2, 0.25) is 0 Å². The molecule has 2 atom stereocenters. The number of hydrogen-bond donors (Lipinski definition) is 1. The molecule has 0 saturated carbocycles. The van der Waals surface area contributed by atoms with E-state index in [9.17, 15) is 4.79 Å². The van der Waals surface area contributed by atoms with E-state index in [1.807, 2.05) is 4.90 Å². The van der Waals surface area contributed by atoms with Gasteiger partial charge < -0.3 is 15.4 Å². The maximum Gasteiger partial charge on any atom is 0.253 e. The van der Waals surface area contributed by atoms with Crippen LogP contribution in [0, 0.1) is 0 Å². The zero-order chi connectivity index (χ0) is 11.3.